The van der Waals surface area contributed by atoms with Gasteiger partial charge in [-0.1, -0.05) is 11.6 Å². The van der Waals surface area contributed by atoms with Gasteiger partial charge in [-0.05, 0) is 44.4 Å². The van der Waals surface area contributed by atoms with Crippen LogP contribution in [0.1, 0.15) is 26.2 Å². The molecule has 1 aromatic rings. The van der Waals surface area contributed by atoms with Crippen molar-refractivity contribution >= 4 is 23.2 Å². The molecule has 0 radical (unpaired) electrons. The van der Waals surface area contributed by atoms with Crippen LogP contribution in [0.25, 0.3) is 0 Å². The van der Waals surface area contributed by atoms with Gasteiger partial charge in [0.2, 0.25) is 5.91 Å². The summed E-state index contributed by atoms with van der Waals surface area (Å²) in [5, 5.41) is 6.96. The summed E-state index contributed by atoms with van der Waals surface area (Å²) < 4.78 is 5.38. The number of ether oxygens (including phenoxy) is 1. The van der Waals surface area contributed by atoms with Crippen LogP contribution in [0.4, 0.5) is 5.69 Å². The molecule has 2 aliphatic heterocycles. The Morgan fingerprint density at radius 1 is 1.50 bits per heavy atom. The number of rotatable bonds is 4. The van der Waals surface area contributed by atoms with Gasteiger partial charge in [-0.25, -0.2) is 0 Å². The maximum Gasteiger partial charge on any atom is 0.229 e. The maximum atomic E-state index is 12.3. The van der Waals surface area contributed by atoms with Crippen molar-refractivity contribution in [2.45, 2.75) is 38.3 Å². The number of carbonyl (C=O) groups is 1. The van der Waals surface area contributed by atoms with Gasteiger partial charge in [-0.3, -0.25) is 4.79 Å². The number of fused-ring (bicyclic) bond motifs is 2. The van der Waals surface area contributed by atoms with Crippen LogP contribution >= 0.6 is 11.6 Å². The lowest BCUT2D eigenvalue weighted by Crippen LogP contribution is -2.32. The molecule has 1 aromatic carbocycles. The molecule has 2 saturated heterocycles. The summed E-state index contributed by atoms with van der Waals surface area (Å²) >= 11 is 6.13. The standard InChI is InChI=1S/C15H19ClN2O2/c1-2-20-14-6-4-10(8-12(14)16)18-15(19)11-7-9-3-5-13(11)17-9/h4,6,8-9,11,13,17H,2-3,5,7H2,1H3,(H,18,19). The van der Waals surface area contributed by atoms with Crippen LogP contribution < -0.4 is 15.4 Å². The molecule has 2 bridgehead atoms. The fraction of sp³-hybridized carbons (Fsp3) is 0.533. The Labute approximate surface area is 123 Å². The summed E-state index contributed by atoms with van der Waals surface area (Å²) in [6, 6.07) is 6.24. The van der Waals surface area contributed by atoms with E-state index in [1.54, 1.807) is 12.1 Å². The van der Waals surface area contributed by atoms with E-state index in [1.165, 1.54) is 6.42 Å². The minimum absolute atomic E-state index is 0.0825. The van der Waals surface area contributed by atoms with Crippen LogP contribution in [0.5, 0.6) is 5.75 Å². The van der Waals surface area contributed by atoms with Gasteiger partial charge in [0, 0.05) is 17.8 Å². The third-order valence-electron chi connectivity index (χ3n) is 4.14. The number of amides is 1. The summed E-state index contributed by atoms with van der Waals surface area (Å²) in [6.07, 6.45) is 3.25. The molecule has 2 N–H and O–H groups in total. The van der Waals surface area contributed by atoms with E-state index in [2.05, 4.69) is 10.6 Å². The molecular weight excluding hydrogens is 276 g/mol. The quantitative estimate of drug-likeness (QED) is 0.898. The SMILES string of the molecule is CCOc1ccc(NC(=O)C2CC3CCC2N3)cc1Cl. The third kappa shape index (κ3) is 2.63. The molecule has 3 rings (SSSR count). The second-order valence-electron chi connectivity index (χ2n) is 5.46. The molecule has 0 aliphatic carbocycles. The number of carbonyl (C=O) groups excluding carboxylic acids is 1. The zero-order valence-electron chi connectivity index (χ0n) is 11.5. The van der Waals surface area contributed by atoms with Crippen molar-refractivity contribution in [1.29, 1.82) is 0 Å². The van der Waals surface area contributed by atoms with Crippen LogP contribution in [-0.2, 0) is 4.79 Å². The van der Waals surface area contributed by atoms with E-state index in [1.807, 2.05) is 13.0 Å². The molecule has 108 valence electrons. The highest BCUT2D eigenvalue weighted by Crippen LogP contribution is 2.34. The maximum absolute atomic E-state index is 12.3. The first-order valence-corrected chi connectivity index (χ1v) is 7.54. The Hall–Kier alpha value is -1.26. The van der Waals surface area contributed by atoms with Crippen LogP contribution in [0.3, 0.4) is 0 Å². The van der Waals surface area contributed by atoms with E-state index in [9.17, 15) is 4.79 Å². The molecule has 0 saturated carbocycles. The number of benzene rings is 1. The Morgan fingerprint density at radius 3 is 2.95 bits per heavy atom. The summed E-state index contributed by atoms with van der Waals surface area (Å²) in [5.41, 5.74) is 0.728. The van der Waals surface area contributed by atoms with E-state index in [0.29, 0.717) is 29.5 Å². The van der Waals surface area contributed by atoms with Gasteiger partial charge in [0.25, 0.3) is 0 Å². The molecule has 2 aliphatic rings. The lowest BCUT2D eigenvalue weighted by atomic mass is 9.88. The molecule has 4 nitrogen and oxygen atoms in total. The van der Waals surface area contributed by atoms with Crippen molar-refractivity contribution in [3.63, 3.8) is 0 Å². The molecule has 20 heavy (non-hydrogen) atoms. The summed E-state index contributed by atoms with van der Waals surface area (Å²) in [6.45, 7) is 2.48. The zero-order valence-corrected chi connectivity index (χ0v) is 12.2. The smallest absolute Gasteiger partial charge is 0.229 e. The fourth-order valence-corrected chi connectivity index (χ4v) is 3.44. The molecule has 0 spiro atoms. The Balaban J connectivity index is 1.65. The van der Waals surface area contributed by atoms with Gasteiger partial charge in [-0.15, -0.1) is 0 Å². The second kappa shape index (κ2) is 5.62. The predicted molar refractivity (Wildman–Crippen MR) is 79.3 cm³/mol. The fourth-order valence-electron chi connectivity index (χ4n) is 3.20. The minimum Gasteiger partial charge on any atom is -0.492 e. The number of hydrogen-bond donors (Lipinski definition) is 2. The number of halogens is 1. The molecule has 1 amide bonds. The molecule has 0 aromatic heterocycles. The summed E-state index contributed by atoms with van der Waals surface area (Å²) in [5.74, 6) is 0.817. The van der Waals surface area contributed by atoms with E-state index in [-0.39, 0.29) is 11.8 Å². The van der Waals surface area contributed by atoms with Gasteiger partial charge in [-0.2, -0.15) is 0 Å². The van der Waals surface area contributed by atoms with Crippen LogP contribution in [0.15, 0.2) is 18.2 Å². The highest BCUT2D eigenvalue weighted by atomic mass is 35.5. The number of anilines is 1. The van der Waals surface area contributed by atoms with Crippen molar-refractivity contribution in [3.05, 3.63) is 23.2 Å². The monoisotopic (exact) mass is 294 g/mol. The van der Waals surface area contributed by atoms with Gasteiger partial charge < -0.3 is 15.4 Å². The van der Waals surface area contributed by atoms with Crippen molar-refractivity contribution in [2.24, 2.45) is 5.92 Å². The van der Waals surface area contributed by atoms with Crippen molar-refractivity contribution < 1.29 is 9.53 Å². The first kappa shape index (κ1) is 13.7. The third-order valence-corrected chi connectivity index (χ3v) is 4.43. The average Bonchev–Trinajstić information content (AvgIpc) is 3.04. The average molecular weight is 295 g/mol. The van der Waals surface area contributed by atoms with E-state index >= 15 is 0 Å². The van der Waals surface area contributed by atoms with Crippen molar-refractivity contribution in [1.82, 2.24) is 5.32 Å². The largest absolute Gasteiger partial charge is 0.492 e. The predicted octanol–water partition coefficient (Wildman–Crippen LogP) is 2.82. The highest BCUT2D eigenvalue weighted by molar-refractivity contribution is 6.32. The molecule has 2 fully saturated rings. The van der Waals surface area contributed by atoms with E-state index < -0.39 is 0 Å². The topological polar surface area (TPSA) is 50.4 Å². The van der Waals surface area contributed by atoms with Crippen molar-refractivity contribution in [2.75, 3.05) is 11.9 Å². The molecule has 3 unspecified atom stereocenters. The van der Waals surface area contributed by atoms with Crippen LogP contribution in [0, 0.1) is 5.92 Å². The Kier molecular flexibility index (Phi) is 3.85. The lowest BCUT2D eigenvalue weighted by molar-refractivity contribution is -0.120. The van der Waals surface area contributed by atoms with E-state index in [4.69, 9.17) is 16.3 Å². The van der Waals surface area contributed by atoms with Gasteiger partial charge in [0.1, 0.15) is 5.75 Å². The molecule has 3 atom stereocenters. The Bertz CT molecular complexity index is 521. The number of hydrogen-bond acceptors (Lipinski definition) is 3. The Morgan fingerprint density at radius 2 is 2.35 bits per heavy atom. The first-order valence-electron chi connectivity index (χ1n) is 7.16. The van der Waals surface area contributed by atoms with Gasteiger partial charge in [0.15, 0.2) is 0 Å². The first-order chi connectivity index (χ1) is 9.67. The van der Waals surface area contributed by atoms with Crippen LogP contribution in [-0.4, -0.2) is 24.6 Å². The highest BCUT2D eigenvalue weighted by Gasteiger charge is 2.42. The number of nitrogens with one attached hydrogen (secondary N) is 2. The summed E-state index contributed by atoms with van der Waals surface area (Å²) in [4.78, 5) is 12.3. The summed E-state index contributed by atoms with van der Waals surface area (Å²) in [7, 11) is 0. The molecular formula is C15H19ClN2O2. The van der Waals surface area contributed by atoms with Gasteiger partial charge >= 0.3 is 0 Å². The van der Waals surface area contributed by atoms with Gasteiger partial charge in [0.05, 0.1) is 17.5 Å². The van der Waals surface area contributed by atoms with Crippen molar-refractivity contribution in [3.8, 4) is 5.75 Å². The zero-order chi connectivity index (χ0) is 14.1. The normalized spacial score (nSPS) is 27.6. The van der Waals surface area contributed by atoms with Crippen LogP contribution in [0.2, 0.25) is 5.02 Å². The van der Waals surface area contributed by atoms with E-state index in [0.717, 1.165) is 18.5 Å². The molecule has 2 heterocycles. The lowest BCUT2D eigenvalue weighted by Gasteiger charge is -2.19. The minimum atomic E-state index is 0.0825. The molecule has 5 heteroatoms. The second-order valence-corrected chi connectivity index (χ2v) is 5.86.